The molecule has 1 amide bonds. The van der Waals surface area contributed by atoms with Crippen LogP contribution in [-0.4, -0.2) is 53.0 Å². The van der Waals surface area contributed by atoms with Gasteiger partial charge < -0.3 is 18.6 Å². The van der Waals surface area contributed by atoms with Gasteiger partial charge in [0.2, 0.25) is 5.76 Å². The van der Waals surface area contributed by atoms with Crippen LogP contribution in [-0.2, 0) is 4.74 Å². The number of nitrogens with zero attached hydrogens (tertiary/aromatic N) is 3. The molecular formula is C16H17N5O5. The van der Waals surface area contributed by atoms with Crippen LogP contribution >= 0.6 is 0 Å². The van der Waals surface area contributed by atoms with E-state index in [1.807, 2.05) is 0 Å². The second-order valence-electron chi connectivity index (χ2n) is 5.74. The quantitative estimate of drug-likeness (QED) is 0.706. The highest BCUT2D eigenvalue weighted by molar-refractivity contribution is 6.07. The first-order chi connectivity index (χ1) is 12.7. The highest BCUT2D eigenvalue weighted by Crippen LogP contribution is 2.37. The number of aromatic amines is 1. The number of amides is 1. The van der Waals surface area contributed by atoms with Crippen molar-refractivity contribution < 1.29 is 23.4 Å². The van der Waals surface area contributed by atoms with Gasteiger partial charge in [-0.3, -0.25) is 10.1 Å². The summed E-state index contributed by atoms with van der Waals surface area (Å²) < 4.78 is 22.5. The molecule has 4 rings (SSSR count). The molecule has 26 heavy (non-hydrogen) atoms. The first kappa shape index (κ1) is 16.3. The summed E-state index contributed by atoms with van der Waals surface area (Å²) in [6.07, 6.45) is 1.41. The third kappa shape index (κ3) is 3.18. The number of hydrogen-bond acceptors (Lipinski definition) is 8. The van der Waals surface area contributed by atoms with E-state index in [-0.39, 0.29) is 17.8 Å². The Balaban J connectivity index is 1.71. The minimum absolute atomic E-state index is 0.0459. The summed E-state index contributed by atoms with van der Waals surface area (Å²) in [7, 11) is 1.57. The summed E-state index contributed by atoms with van der Waals surface area (Å²) in [6.45, 7) is 1.24. The SMILES string of the molecule is COc1ccc2oc(C(=O)Nc3nn[nH]n3)c(OC3CCOCC3)c2c1. The molecule has 1 saturated heterocycles. The molecule has 1 aliphatic rings. The summed E-state index contributed by atoms with van der Waals surface area (Å²) in [4.78, 5) is 12.6. The fourth-order valence-corrected chi connectivity index (χ4v) is 2.78. The lowest BCUT2D eigenvalue weighted by molar-refractivity contribution is 0.0254. The van der Waals surface area contributed by atoms with E-state index in [2.05, 4.69) is 25.9 Å². The van der Waals surface area contributed by atoms with Gasteiger partial charge in [-0.15, -0.1) is 5.10 Å². The van der Waals surface area contributed by atoms with Crippen LogP contribution < -0.4 is 14.8 Å². The van der Waals surface area contributed by atoms with Crippen molar-refractivity contribution in [2.45, 2.75) is 18.9 Å². The van der Waals surface area contributed by atoms with E-state index in [1.165, 1.54) is 0 Å². The van der Waals surface area contributed by atoms with Crippen LogP contribution in [0.4, 0.5) is 5.95 Å². The first-order valence-corrected chi connectivity index (χ1v) is 8.14. The third-order valence-corrected chi connectivity index (χ3v) is 4.08. The number of H-pyrrole nitrogens is 1. The number of nitrogens with one attached hydrogen (secondary N) is 2. The average molecular weight is 359 g/mol. The molecule has 0 saturated carbocycles. The van der Waals surface area contributed by atoms with Gasteiger partial charge in [0, 0.05) is 12.8 Å². The van der Waals surface area contributed by atoms with Gasteiger partial charge in [-0.05, 0) is 23.4 Å². The van der Waals surface area contributed by atoms with Crippen LogP contribution in [0.3, 0.4) is 0 Å². The van der Waals surface area contributed by atoms with Crippen LogP contribution in [0, 0.1) is 0 Å². The van der Waals surface area contributed by atoms with Crippen LogP contribution in [0.2, 0.25) is 0 Å². The van der Waals surface area contributed by atoms with Crippen molar-refractivity contribution in [3.63, 3.8) is 0 Å². The number of rotatable bonds is 5. The third-order valence-electron chi connectivity index (χ3n) is 4.08. The van der Waals surface area contributed by atoms with Crippen LogP contribution in [0.1, 0.15) is 23.4 Å². The number of anilines is 1. The van der Waals surface area contributed by atoms with E-state index in [0.29, 0.717) is 35.7 Å². The molecule has 2 N–H and O–H groups in total. The number of fused-ring (bicyclic) bond motifs is 1. The molecule has 136 valence electrons. The van der Waals surface area contributed by atoms with Crippen molar-refractivity contribution in [2.75, 3.05) is 25.6 Å². The molecule has 1 aromatic carbocycles. The van der Waals surface area contributed by atoms with E-state index in [1.54, 1.807) is 25.3 Å². The zero-order valence-corrected chi connectivity index (χ0v) is 14.0. The van der Waals surface area contributed by atoms with Crippen molar-refractivity contribution in [1.29, 1.82) is 0 Å². The van der Waals surface area contributed by atoms with Gasteiger partial charge in [0.25, 0.3) is 11.9 Å². The number of hydrogen-bond donors (Lipinski definition) is 2. The van der Waals surface area contributed by atoms with Crippen LogP contribution in [0.15, 0.2) is 22.6 Å². The number of benzene rings is 1. The minimum atomic E-state index is -0.524. The van der Waals surface area contributed by atoms with Gasteiger partial charge in [0.1, 0.15) is 17.4 Å². The van der Waals surface area contributed by atoms with Crippen LogP contribution in [0.5, 0.6) is 11.5 Å². The molecule has 10 nitrogen and oxygen atoms in total. The van der Waals surface area contributed by atoms with E-state index in [9.17, 15) is 4.79 Å². The second kappa shape index (κ2) is 7.00. The Morgan fingerprint density at radius 1 is 1.35 bits per heavy atom. The Bertz CT molecular complexity index is 901. The molecule has 1 aliphatic heterocycles. The largest absolute Gasteiger partial charge is 0.497 e. The fourth-order valence-electron chi connectivity index (χ4n) is 2.78. The van der Waals surface area contributed by atoms with E-state index in [0.717, 1.165) is 12.8 Å². The molecule has 0 atom stereocenters. The second-order valence-corrected chi connectivity index (χ2v) is 5.74. The van der Waals surface area contributed by atoms with E-state index < -0.39 is 5.91 Å². The lowest BCUT2D eigenvalue weighted by atomic mass is 10.1. The molecular weight excluding hydrogens is 342 g/mol. The molecule has 10 heteroatoms. The highest BCUT2D eigenvalue weighted by Gasteiger charge is 2.27. The summed E-state index contributed by atoms with van der Waals surface area (Å²) in [5.41, 5.74) is 0.520. The van der Waals surface area contributed by atoms with Crippen molar-refractivity contribution >= 4 is 22.8 Å². The molecule has 0 unspecified atom stereocenters. The number of aromatic nitrogens is 4. The minimum Gasteiger partial charge on any atom is -0.497 e. The smallest absolute Gasteiger partial charge is 0.297 e. The van der Waals surface area contributed by atoms with Gasteiger partial charge in [0.05, 0.1) is 25.7 Å². The summed E-state index contributed by atoms with van der Waals surface area (Å²) in [5.74, 6) is 0.574. The molecule has 1 fully saturated rings. The molecule has 0 aliphatic carbocycles. The summed E-state index contributed by atoms with van der Waals surface area (Å²) >= 11 is 0. The maximum atomic E-state index is 12.6. The van der Waals surface area contributed by atoms with Gasteiger partial charge in [-0.2, -0.15) is 5.21 Å². The predicted molar refractivity (Wildman–Crippen MR) is 89.4 cm³/mol. The standard InChI is InChI=1S/C16H17N5O5/c1-23-10-2-3-12-11(8-10)13(25-9-4-6-24-7-5-9)14(26-12)15(22)17-16-18-20-21-19-16/h2-3,8-9H,4-7H2,1H3,(H2,17,18,19,20,21,22). The van der Waals surface area contributed by atoms with Gasteiger partial charge >= 0.3 is 0 Å². The van der Waals surface area contributed by atoms with Crippen molar-refractivity contribution in [2.24, 2.45) is 0 Å². The lowest BCUT2D eigenvalue weighted by Crippen LogP contribution is -2.26. The zero-order valence-electron chi connectivity index (χ0n) is 14.0. The zero-order chi connectivity index (χ0) is 17.9. The molecule has 2 aromatic heterocycles. The Kier molecular flexibility index (Phi) is 4.40. The molecule has 3 heterocycles. The topological polar surface area (TPSA) is 124 Å². The number of methoxy groups -OCH3 is 1. The summed E-state index contributed by atoms with van der Waals surface area (Å²) in [5, 5.41) is 16.3. The van der Waals surface area contributed by atoms with Crippen molar-refractivity contribution in [1.82, 2.24) is 20.6 Å². The predicted octanol–water partition coefficient (Wildman–Crippen LogP) is 1.76. The Hall–Kier alpha value is -3.14. The van der Waals surface area contributed by atoms with E-state index in [4.69, 9.17) is 18.6 Å². The molecule has 0 spiro atoms. The average Bonchev–Trinajstić information content (AvgIpc) is 3.30. The van der Waals surface area contributed by atoms with Gasteiger partial charge in [-0.25, -0.2) is 0 Å². The monoisotopic (exact) mass is 359 g/mol. The Morgan fingerprint density at radius 3 is 2.92 bits per heavy atom. The van der Waals surface area contributed by atoms with Crippen molar-refractivity contribution in [3.05, 3.63) is 24.0 Å². The van der Waals surface area contributed by atoms with E-state index >= 15 is 0 Å². The molecule has 3 aromatic rings. The Labute approximate surface area is 147 Å². The number of tetrazole rings is 1. The number of carbonyl (C=O) groups excluding carboxylic acids is 1. The van der Waals surface area contributed by atoms with Crippen LogP contribution in [0.25, 0.3) is 11.0 Å². The van der Waals surface area contributed by atoms with Gasteiger partial charge in [0.15, 0.2) is 5.75 Å². The van der Waals surface area contributed by atoms with Gasteiger partial charge in [-0.1, -0.05) is 5.10 Å². The number of carbonyl (C=O) groups is 1. The lowest BCUT2D eigenvalue weighted by Gasteiger charge is -2.23. The molecule has 0 bridgehead atoms. The first-order valence-electron chi connectivity index (χ1n) is 8.14. The summed E-state index contributed by atoms with van der Waals surface area (Å²) in [6, 6.07) is 5.26. The fraction of sp³-hybridized carbons (Fsp3) is 0.375. The number of ether oxygens (including phenoxy) is 3. The maximum absolute atomic E-state index is 12.6. The Morgan fingerprint density at radius 2 is 2.19 bits per heavy atom. The molecule has 0 radical (unpaired) electrons. The highest BCUT2D eigenvalue weighted by atomic mass is 16.5. The maximum Gasteiger partial charge on any atom is 0.297 e. The van der Waals surface area contributed by atoms with Crippen molar-refractivity contribution in [3.8, 4) is 11.5 Å². The number of furan rings is 1. The normalized spacial score (nSPS) is 15.1.